The minimum Gasteiger partial charge on any atom is -0.374 e. The minimum absolute atomic E-state index is 0.168. The van der Waals surface area contributed by atoms with E-state index in [1.165, 1.54) is 6.20 Å². The molecule has 1 heterocycles. The molecule has 0 saturated heterocycles. The van der Waals surface area contributed by atoms with Crippen molar-refractivity contribution in [2.75, 3.05) is 5.32 Å². The summed E-state index contributed by atoms with van der Waals surface area (Å²) in [7, 11) is 0. The van der Waals surface area contributed by atoms with E-state index >= 15 is 0 Å². The van der Waals surface area contributed by atoms with Gasteiger partial charge < -0.3 is 5.32 Å². The van der Waals surface area contributed by atoms with Gasteiger partial charge in [0.15, 0.2) is 23.3 Å². The molecule has 2 aromatic rings. The summed E-state index contributed by atoms with van der Waals surface area (Å²) in [4.78, 5) is 3.95. The van der Waals surface area contributed by atoms with E-state index in [0.717, 1.165) is 5.56 Å². The fraction of sp³-hybridized carbons (Fsp3) is 0.154. The number of benzene rings is 1. The van der Waals surface area contributed by atoms with Gasteiger partial charge in [-0.1, -0.05) is 6.07 Å². The van der Waals surface area contributed by atoms with Gasteiger partial charge in [0.25, 0.3) is 0 Å². The van der Waals surface area contributed by atoms with Crippen LogP contribution in [0.4, 0.5) is 27.6 Å². The van der Waals surface area contributed by atoms with Gasteiger partial charge >= 0.3 is 0 Å². The minimum atomic E-state index is -2.18. The van der Waals surface area contributed by atoms with E-state index in [0.29, 0.717) is 5.69 Å². The smallest absolute Gasteiger partial charge is 0.200 e. The number of hydrogen-bond donors (Lipinski definition) is 1. The molecular formula is C13H9F5N2. The number of hydrogen-bond acceptors (Lipinski definition) is 2. The summed E-state index contributed by atoms with van der Waals surface area (Å²) in [5, 5.41) is 2.17. The first-order chi connectivity index (χ1) is 9.41. The molecular weight excluding hydrogens is 279 g/mol. The van der Waals surface area contributed by atoms with Crippen molar-refractivity contribution in [3.63, 3.8) is 0 Å². The highest BCUT2D eigenvalue weighted by atomic mass is 19.2. The molecule has 7 heteroatoms. The molecule has 1 aromatic heterocycles. The van der Waals surface area contributed by atoms with Gasteiger partial charge in [-0.3, -0.25) is 4.98 Å². The summed E-state index contributed by atoms with van der Waals surface area (Å²) in [5.74, 6) is -9.94. The Bertz CT molecular complexity index is 611. The molecule has 2 nitrogen and oxygen atoms in total. The number of nitrogens with one attached hydrogen (secondary N) is 1. The fourth-order valence-electron chi connectivity index (χ4n) is 1.54. The molecule has 0 radical (unpaired) electrons. The summed E-state index contributed by atoms with van der Waals surface area (Å²) in [6, 6.07) is 3.29. The molecule has 0 aliphatic heterocycles. The molecule has 0 atom stereocenters. The lowest BCUT2D eigenvalue weighted by molar-refractivity contribution is 0.381. The Kier molecular flexibility index (Phi) is 3.87. The second-order valence-corrected chi connectivity index (χ2v) is 4.13. The third-order valence-corrected chi connectivity index (χ3v) is 2.63. The zero-order valence-corrected chi connectivity index (χ0v) is 10.3. The van der Waals surface area contributed by atoms with Gasteiger partial charge in [0, 0.05) is 6.20 Å². The van der Waals surface area contributed by atoms with Crippen molar-refractivity contribution in [1.29, 1.82) is 0 Å². The van der Waals surface area contributed by atoms with Crippen molar-refractivity contribution in [1.82, 2.24) is 4.98 Å². The van der Waals surface area contributed by atoms with E-state index in [9.17, 15) is 22.0 Å². The van der Waals surface area contributed by atoms with E-state index in [-0.39, 0.29) is 6.54 Å². The third-order valence-electron chi connectivity index (χ3n) is 2.63. The largest absolute Gasteiger partial charge is 0.374 e. The Morgan fingerprint density at radius 1 is 0.900 bits per heavy atom. The van der Waals surface area contributed by atoms with Crippen molar-refractivity contribution in [3.8, 4) is 0 Å². The predicted molar refractivity (Wildman–Crippen MR) is 62.5 cm³/mol. The van der Waals surface area contributed by atoms with Crippen LogP contribution in [0.3, 0.4) is 0 Å². The Morgan fingerprint density at radius 3 is 1.95 bits per heavy atom. The Labute approximate surface area is 111 Å². The molecule has 0 bridgehead atoms. The number of aryl methyl sites for hydroxylation is 1. The lowest BCUT2D eigenvalue weighted by Crippen LogP contribution is -2.10. The molecule has 20 heavy (non-hydrogen) atoms. The first-order valence-electron chi connectivity index (χ1n) is 5.58. The van der Waals surface area contributed by atoms with Crippen LogP contribution in [0.5, 0.6) is 0 Å². The molecule has 2 rings (SSSR count). The monoisotopic (exact) mass is 288 g/mol. The maximum absolute atomic E-state index is 13.4. The predicted octanol–water partition coefficient (Wildman–Crippen LogP) is 3.70. The number of rotatable bonds is 3. The molecule has 0 spiro atoms. The highest BCUT2D eigenvalue weighted by Gasteiger charge is 2.25. The Morgan fingerprint density at radius 2 is 1.45 bits per heavy atom. The number of nitrogens with zero attached hydrogens (tertiary/aromatic N) is 1. The first-order valence-corrected chi connectivity index (χ1v) is 5.58. The molecule has 1 aromatic carbocycles. The molecule has 1 N–H and O–H groups in total. The van der Waals surface area contributed by atoms with Crippen molar-refractivity contribution in [2.24, 2.45) is 0 Å². The van der Waals surface area contributed by atoms with Crippen LogP contribution in [0.2, 0.25) is 0 Å². The van der Waals surface area contributed by atoms with Crippen LogP contribution in [0.15, 0.2) is 18.3 Å². The average Bonchev–Trinajstić information content (AvgIpc) is 2.45. The zero-order valence-electron chi connectivity index (χ0n) is 10.3. The van der Waals surface area contributed by atoms with Gasteiger partial charge in [0.1, 0.15) is 5.69 Å². The topological polar surface area (TPSA) is 24.9 Å². The third kappa shape index (κ3) is 2.56. The first kappa shape index (κ1) is 14.2. The molecule has 0 unspecified atom stereocenters. The van der Waals surface area contributed by atoms with E-state index < -0.39 is 34.8 Å². The highest BCUT2D eigenvalue weighted by molar-refractivity contribution is 5.47. The van der Waals surface area contributed by atoms with Crippen LogP contribution < -0.4 is 5.32 Å². The summed E-state index contributed by atoms with van der Waals surface area (Å²) in [6.07, 6.45) is 1.52. The van der Waals surface area contributed by atoms with Gasteiger partial charge in [-0.05, 0) is 18.6 Å². The van der Waals surface area contributed by atoms with Gasteiger partial charge in [-0.15, -0.1) is 0 Å². The number of halogens is 5. The summed E-state index contributed by atoms with van der Waals surface area (Å²) >= 11 is 0. The van der Waals surface area contributed by atoms with Crippen LogP contribution in [0.1, 0.15) is 11.3 Å². The highest BCUT2D eigenvalue weighted by Crippen LogP contribution is 2.27. The van der Waals surface area contributed by atoms with Crippen LogP contribution in [-0.4, -0.2) is 4.98 Å². The Balaban J connectivity index is 2.28. The van der Waals surface area contributed by atoms with Crippen LogP contribution in [0, 0.1) is 36.0 Å². The van der Waals surface area contributed by atoms with Gasteiger partial charge in [-0.2, -0.15) is 0 Å². The number of anilines is 1. The average molecular weight is 288 g/mol. The maximum atomic E-state index is 13.4. The lowest BCUT2D eigenvalue weighted by Gasteiger charge is -2.10. The molecule has 0 aliphatic rings. The van der Waals surface area contributed by atoms with Crippen molar-refractivity contribution in [2.45, 2.75) is 13.5 Å². The summed E-state index contributed by atoms with van der Waals surface area (Å²) in [6.45, 7) is 1.63. The second-order valence-electron chi connectivity index (χ2n) is 4.13. The van der Waals surface area contributed by atoms with Crippen molar-refractivity contribution in [3.05, 3.63) is 58.7 Å². The van der Waals surface area contributed by atoms with Gasteiger partial charge in [-0.25, -0.2) is 22.0 Å². The molecule has 0 fully saturated rings. The molecule has 0 aliphatic carbocycles. The quantitative estimate of drug-likeness (QED) is 0.529. The van der Waals surface area contributed by atoms with E-state index in [1.54, 1.807) is 19.1 Å². The maximum Gasteiger partial charge on any atom is 0.200 e. The van der Waals surface area contributed by atoms with E-state index in [1.807, 2.05) is 0 Å². The molecule has 0 amide bonds. The van der Waals surface area contributed by atoms with Gasteiger partial charge in [0.2, 0.25) is 5.82 Å². The summed E-state index contributed by atoms with van der Waals surface area (Å²) < 4.78 is 65.5. The zero-order chi connectivity index (χ0) is 14.9. The normalized spacial score (nSPS) is 10.7. The van der Waals surface area contributed by atoms with Crippen molar-refractivity contribution < 1.29 is 22.0 Å². The van der Waals surface area contributed by atoms with Gasteiger partial charge in [0.05, 0.1) is 12.2 Å². The van der Waals surface area contributed by atoms with E-state index in [4.69, 9.17) is 0 Å². The van der Waals surface area contributed by atoms with Crippen LogP contribution >= 0.6 is 0 Å². The molecule has 0 saturated carbocycles. The standard InChI is InChI=1S/C13H9F5N2/c1-6-2-3-7(19-4-6)5-20-13-11(17)9(15)8(14)10(16)12(13)18/h2-4,20H,5H2,1H3. The second kappa shape index (κ2) is 5.44. The fourth-order valence-corrected chi connectivity index (χ4v) is 1.54. The summed E-state index contributed by atoms with van der Waals surface area (Å²) in [5.41, 5.74) is 0.216. The lowest BCUT2D eigenvalue weighted by atomic mass is 10.2. The number of pyridine rings is 1. The SMILES string of the molecule is Cc1ccc(CNc2c(F)c(F)c(F)c(F)c2F)nc1. The van der Waals surface area contributed by atoms with Crippen LogP contribution in [-0.2, 0) is 6.54 Å². The Hall–Kier alpha value is -2.18. The van der Waals surface area contributed by atoms with Crippen molar-refractivity contribution >= 4 is 5.69 Å². The number of aromatic nitrogens is 1. The van der Waals surface area contributed by atoms with E-state index in [2.05, 4.69) is 10.3 Å². The molecule has 106 valence electrons. The van der Waals surface area contributed by atoms with Crippen LogP contribution in [0.25, 0.3) is 0 Å².